The number of halogens is 2. The van der Waals surface area contributed by atoms with Crippen molar-refractivity contribution in [3.63, 3.8) is 0 Å². The van der Waals surface area contributed by atoms with Crippen LogP contribution in [0.4, 0.5) is 10.4 Å². The molecule has 2 bridgehead atoms. The van der Waals surface area contributed by atoms with Crippen LogP contribution in [-0.4, -0.2) is 66.6 Å². The molecule has 0 radical (unpaired) electrons. The molecule has 4 saturated heterocycles. The smallest absolute Gasteiger partial charge is 0.299 e. The fourth-order valence-corrected chi connectivity index (χ4v) is 5.14. The molecule has 4 aliphatic rings. The molecule has 30 heavy (non-hydrogen) atoms. The molecule has 164 valence electrons. The topological polar surface area (TPSA) is 73.6 Å². The maximum Gasteiger partial charge on any atom is 0.299 e. The van der Waals surface area contributed by atoms with Crippen molar-refractivity contribution in [1.82, 2.24) is 20.5 Å². The van der Waals surface area contributed by atoms with E-state index >= 15 is 0 Å². The van der Waals surface area contributed by atoms with Gasteiger partial charge in [-0.25, -0.2) is 4.39 Å². The predicted molar refractivity (Wildman–Crippen MR) is 116 cm³/mol. The Morgan fingerprint density at radius 2 is 1.93 bits per heavy atom. The standard InChI is InChI=1S/C21H28FN5O2.ClH/c1-12-9-23-10-13(2)27(12)21-25-18-15(3-4-16(22)19(18)29-21)20(28)24-17-11-26-7-5-14(17)6-8-26;/h3-4,12-14,17,23H,5-11H2,1-2H3,(H,24,28);1H/t12-,13-,17?;/m0./s1. The molecule has 0 spiro atoms. The maximum absolute atomic E-state index is 14.5. The highest BCUT2D eigenvalue weighted by molar-refractivity contribution is 6.05. The first-order valence-corrected chi connectivity index (χ1v) is 10.6. The Kier molecular flexibility index (Phi) is 5.92. The van der Waals surface area contributed by atoms with Crippen LogP contribution in [0.3, 0.4) is 0 Å². The van der Waals surface area contributed by atoms with Crippen molar-refractivity contribution in [2.24, 2.45) is 5.92 Å². The number of oxazole rings is 1. The van der Waals surface area contributed by atoms with Crippen molar-refractivity contribution < 1.29 is 13.6 Å². The average molecular weight is 438 g/mol. The van der Waals surface area contributed by atoms with Gasteiger partial charge in [-0.1, -0.05) is 0 Å². The van der Waals surface area contributed by atoms with Gasteiger partial charge in [0.25, 0.3) is 11.9 Å². The van der Waals surface area contributed by atoms with Crippen molar-refractivity contribution in [2.45, 2.75) is 44.8 Å². The van der Waals surface area contributed by atoms with E-state index in [4.69, 9.17) is 4.42 Å². The number of nitrogens with one attached hydrogen (secondary N) is 2. The van der Waals surface area contributed by atoms with Gasteiger partial charge in [0.15, 0.2) is 11.4 Å². The predicted octanol–water partition coefficient (Wildman–Crippen LogP) is 2.40. The molecule has 0 aliphatic carbocycles. The lowest BCUT2D eigenvalue weighted by atomic mass is 9.84. The lowest BCUT2D eigenvalue weighted by molar-refractivity contribution is 0.0621. The monoisotopic (exact) mass is 437 g/mol. The first kappa shape index (κ1) is 21.3. The van der Waals surface area contributed by atoms with E-state index < -0.39 is 5.82 Å². The van der Waals surface area contributed by atoms with Gasteiger partial charge in [0.1, 0.15) is 5.52 Å². The molecule has 3 atom stereocenters. The Labute approximate surface area is 181 Å². The minimum atomic E-state index is -0.492. The highest BCUT2D eigenvalue weighted by Gasteiger charge is 2.36. The van der Waals surface area contributed by atoms with E-state index in [1.54, 1.807) is 0 Å². The Morgan fingerprint density at radius 1 is 1.23 bits per heavy atom. The van der Waals surface area contributed by atoms with Crippen LogP contribution in [-0.2, 0) is 0 Å². The summed E-state index contributed by atoms with van der Waals surface area (Å²) in [6.45, 7) is 8.89. The average Bonchev–Trinajstić information content (AvgIpc) is 3.14. The summed E-state index contributed by atoms with van der Waals surface area (Å²) in [5, 5.41) is 6.54. The lowest BCUT2D eigenvalue weighted by Gasteiger charge is -2.44. The molecule has 1 aromatic heterocycles. The molecule has 0 saturated carbocycles. The molecule has 4 aliphatic heterocycles. The molecule has 9 heteroatoms. The molecule has 1 unspecified atom stereocenters. The van der Waals surface area contributed by atoms with Crippen molar-refractivity contribution in [3.05, 3.63) is 23.5 Å². The van der Waals surface area contributed by atoms with Crippen LogP contribution in [0.15, 0.2) is 16.5 Å². The van der Waals surface area contributed by atoms with Crippen LogP contribution in [0.2, 0.25) is 0 Å². The number of benzene rings is 1. The largest absolute Gasteiger partial charge is 0.420 e. The number of hydrogen-bond donors (Lipinski definition) is 2. The van der Waals surface area contributed by atoms with E-state index in [0.717, 1.165) is 45.6 Å². The fourth-order valence-electron chi connectivity index (χ4n) is 5.14. The summed E-state index contributed by atoms with van der Waals surface area (Å²) < 4.78 is 20.3. The van der Waals surface area contributed by atoms with E-state index in [9.17, 15) is 9.18 Å². The van der Waals surface area contributed by atoms with E-state index in [1.807, 2.05) is 0 Å². The highest BCUT2D eigenvalue weighted by atomic mass is 35.5. The number of aromatic nitrogens is 1. The van der Waals surface area contributed by atoms with Crippen molar-refractivity contribution in [2.75, 3.05) is 37.6 Å². The maximum atomic E-state index is 14.5. The Hall–Kier alpha value is -1.90. The van der Waals surface area contributed by atoms with E-state index in [1.165, 1.54) is 12.1 Å². The van der Waals surface area contributed by atoms with E-state index in [-0.39, 0.29) is 42.0 Å². The van der Waals surface area contributed by atoms with Crippen LogP contribution in [0.1, 0.15) is 37.0 Å². The molecule has 6 rings (SSSR count). The minimum Gasteiger partial charge on any atom is -0.420 e. The summed E-state index contributed by atoms with van der Waals surface area (Å²) in [5.74, 6) is -0.168. The number of piperazine rings is 1. The van der Waals surface area contributed by atoms with Gasteiger partial charge in [0.2, 0.25) is 0 Å². The SMILES string of the molecule is C[C@H]1CNC[C@H](C)N1c1nc2c(C(=O)NC3CN4CCC3CC4)ccc(F)c2o1.Cl. The van der Waals surface area contributed by atoms with Gasteiger partial charge in [-0.3, -0.25) is 4.79 Å². The third kappa shape index (κ3) is 3.65. The van der Waals surface area contributed by atoms with Gasteiger partial charge in [-0.2, -0.15) is 4.98 Å². The zero-order valence-electron chi connectivity index (χ0n) is 17.4. The van der Waals surface area contributed by atoms with Crippen molar-refractivity contribution in [1.29, 1.82) is 0 Å². The number of hydrogen-bond acceptors (Lipinski definition) is 6. The zero-order valence-corrected chi connectivity index (χ0v) is 18.2. The number of carbonyl (C=O) groups is 1. The lowest BCUT2D eigenvalue weighted by Crippen LogP contribution is -2.57. The molecule has 2 aromatic rings. The normalized spacial score (nSPS) is 30.9. The first-order chi connectivity index (χ1) is 14.0. The molecule has 4 fully saturated rings. The zero-order chi connectivity index (χ0) is 20.1. The Bertz CT molecular complexity index is 920. The summed E-state index contributed by atoms with van der Waals surface area (Å²) in [6, 6.07) is 3.67. The van der Waals surface area contributed by atoms with Crippen LogP contribution < -0.4 is 15.5 Å². The number of nitrogens with zero attached hydrogens (tertiary/aromatic N) is 3. The van der Waals surface area contributed by atoms with E-state index in [0.29, 0.717) is 23.0 Å². The summed E-state index contributed by atoms with van der Waals surface area (Å²) in [4.78, 5) is 22.1. The number of amides is 1. The second-order valence-electron chi connectivity index (χ2n) is 8.75. The highest BCUT2D eigenvalue weighted by Crippen LogP contribution is 2.31. The summed E-state index contributed by atoms with van der Waals surface area (Å²) in [5.41, 5.74) is 0.736. The van der Waals surface area contributed by atoms with Gasteiger partial charge in [0.05, 0.1) is 5.56 Å². The second-order valence-corrected chi connectivity index (χ2v) is 8.75. The van der Waals surface area contributed by atoms with E-state index in [2.05, 4.69) is 39.3 Å². The van der Waals surface area contributed by atoms with Gasteiger partial charge >= 0.3 is 0 Å². The summed E-state index contributed by atoms with van der Waals surface area (Å²) in [6.07, 6.45) is 2.24. The third-order valence-electron chi connectivity index (χ3n) is 6.75. The van der Waals surface area contributed by atoms with Crippen LogP contribution in [0, 0.1) is 11.7 Å². The molecule has 1 amide bonds. The van der Waals surface area contributed by atoms with Crippen LogP contribution in [0.25, 0.3) is 11.1 Å². The van der Waals surface area contributed by atoms with Gasteiger partial charge < -0.3 is 24.9 Å². The number of carbonyl (C=O) groups excluding carboxylic acids is 1. The minimum absolute atomic E-state index is 0. The quantitative estimate of drug-likeness (QED) is 0.768. The third-order valence-corrected chi connectivity index (χ3v) is 6.75. The molecular formula is C21H29ClFN5O2. The van der Waals surface area contributed by atoms with Gasteiger partial charge in [-0.05, 0) is 57.8 Å². The molecular weight excluding hydrogens is 409 g/mol. The number of fused-ring (bicyclic) bond motifs is 4. The van der Waals surface area contributed by atoms with Crippen LogP contribution >= 0.6 is 12.4 Å². The first-order valence-electron chi connectivity index (χ1n) is 10.6. The Balaban J connectivity index is 0.00000218. The summed E-state index contributed by atoms with van der Waals surface area (Å²) >= 11 is 0. The molecule has 2 N–H and O–H groups in total. The van der Waals surface area contributed by atoms with Gasteiger partial charge in [-0.15, -0.1) is 12.4 Å². The number of piperidine rings is 3. The van der Waals surface area contributed by atoms with Crippen molar-refractivity contribution in [3.8, 4) is 0 Å². The fraction of sp³-hybridized carbons (Fsp3) is 0.619. The molecule has 5 heterocycles. The summed E-state index contributed by atoms with van der Waals surface area (Å²) in [7, 11) is 0. The Morgan fingerprint density at radius 3 is 2.57 bits per heavy atom. The van der Waals surface area contributed by atoms with Gasteiger partial charge in [0, 0.05) is 37.8 Å². The van der Waals surface area contributed by atoms with Crippen LogP contribution in [0.5, 0.6) is 0 Å². The molecule has 1 aromatic carbocycles. The second kappa shape index (κ2) is 8.32. The number of anilines is 1. The molecule has 7 nitrogen and oxygen atoms in total. The number of rotatable bonds is 3. The van der Waals surface area contributed by atoms with Crippen molar-refractivity contribution >= 4 is 35.4 Å².